The summed E-state index contributed by atoms with van der Waals surface area (Å²) >= 11 is 0. The van der Waals surface area contributed by atoms with Crippen molar-refractivity contribution in [2.45, 2.75) is 25.3 Å². The number of carbonyl (C=O) groups excluding carboxylic acids is 1. The number of Topliss-reactive ketones (excluding diaryl/α,β-unsaturated/α-hetero) is 1. The van der Waals surface area contributed by atoms with E-state index in [2.05, 4.69) is 0 Å². The van der Waals surface area contributed by atoms with Crippen molar-refractivity contribution in [1.29, 1.82) is 0 Å². The zero-order chi connectivity index (χ0) is 10.2. The highest BCUT2D eigenvalue weighted by Crippen LogP contribution is 2.39. The fraction of sp³-hybridized carbons (Fsp3) is 0.417. The van der Waals surface area contributed by atoms with Crippen LogP contribution in [-0.2, 0) is 0 Å². The zero-order valence-electron chi connectivity index (χ0n) is 8.36. The topological polar surface area (TPSA) is 43.1 Å². The first-order valence-electron chi connectivity index (χ1n) is 5.01. The highest BCUT2D eigenvalue weighted by molar-refractivity contribution is 6.03. The van der Waals surface area contributed by atoms with Crippen LogP contribution in [0.25, 0.3) is 0 Å². The Labute approximate surface area is 84.1 Å². The smallest absolute Gasteiger partial charge is 0.182 e. The van der Waals surface area contributed by atoms with Crippen LogP contribution in [0.4, 0.5) is 0 Å². The minimum Gasteiger partial charge on any atom is -0.319 e. The maximum atomic E-state index is 12.0. The van der Waals surface area contributed by atoms with Crippen LogP contribution in [0.15, 0.2) is 30.3 Å². The lowest BCUT2D eigenvalue weighted by Crippen LogP contribution is -2.47. The molecule has 0 bridgehead atoms. The van der Waals surface area contributed by atoms with Crippen molar-refractivity contribution in [2.24, 2.45) is 11.7 Å². The molecule has 0 saturated heterocycles. The van der Waals surface area contributed by atoms with E-state index in [1.165, 1.54) is 0 Å². The van der Waals surface area contributed by atoms with Gasteiger partial charge in [0, 0.05) is 5.56 Å². The van der Waals surface area contributed by atoms with Crippen LogP contribution in [0.3, 0.4) is 0 Å². The van der Waals surface area contributed by atoms with Gasteiger partial charge in [-0.25, -0.2) is 0 Å². The molecule has 2 N–H and O–H groups in total. The Kier molecular flexibility index (Phi) is 2.16. The van der Waals surface area contributed by atoms with Crippen LogP contribution in [0.2, 0.25) is 0 Å². The number of hydrogen-bond acceptors (Lipinski definition) is 2. The van der Waals surface area contributed by atoms with Crippen molar-refractivity contribution >= 4 is 5.78 Å². The number of ketones is 1. The fourth-order valence-corrected chi connectivity index (χ4v) is 1.77. The number of rotatable bonds is 3. The molecule has 1 aliphatic carbocycles. The summed E-state index contributed by atoms with van der Waals surface area (Å²) in [5.41, 5.74) is 6.11. The van der Waals surface area contributed by atoms with E-state index in [4.69, 9.17) is 5.73 Å². The van der Waals surface area contributed by atoms with Crippen molar-refractivity contribution in [3.8, 4) is 0 Å². The average molecular weight is 189 g/mol. The van der Waals surface area contributed by atoms with Crippen LogP contribution in [0.1, 0.15) is 30.1 Å². The van der Waals surface area contributed by atoms with Crippen molar-refractivity contribution in [3.63, 3.8) is 0 Å². The first-order valence-corrected chi connectivity index (χ1v) is 5.01. The van der Waals surface area contributed by atoms with E-state index in [9.17, 15) is 4.79 Å². The molecule has 0 aliphatic heterocycles. The molecule has 1 aliphatic rings. The third-order valence-electron chi connectivity index (χ3n) is 2.95. The molecule has 0 aromatic heterocycles. The van der Waals surface area contributed by atoms with E-state index >= 15 is 0 Å². The SMILES string of the molecule is CC(N)(C(=O)c1ccccc1)C1CC1. The standard InChI is InChI=1S/C12H15NO/c1-12(13,10-7-8-10)11(14)9-5-3-2-4-6-9/h2-6,10H,7-8,13H2,1H3. The maximum absolute atomic E-state index is 12.0. The van der Waals surface area contributed by atoms with Gasteiger partial charge in [-0.15, -0.1) is 0 Å². The van der Waals surface area contributed by atoms with Gasteiger partial charge in [0.2, 0.25) is 0 Å². The van der Waals surface area contributed by atoms with Gasteiger partial charge in [-0.1, -0.05) is 30.3 Å². The second kappa shape index (κ2) is 3.21. The van der Waals surface area contributed by atoms with Gasteiger partial charge in [0.25, 0.3) is 0 Å². The second-order valence-corrected chi connectivity index (χ2v) is 4.25. The Morgan fingerprint density at radius 1 is 1.36 bits per heavy atom. The Bertz CT molecular complexity index is 339. The molecule has 2 nitrogen and oxygen atoms in total. The highest BCUT2D eigenvalue weighted by Gasteiger charge is 2.43. The van der Waals surface area contributed by atoms with Gasteiger partial charge in [-0.3, -0.25) is 4.79 Å². The summed E-state index contributed by atoms with van der Waals surface area (Å²) in [6.07, 6.45) is 2.18. The lowest BCUT2D eigenvalue weighted by atomic mass is 9.88. The predicted octanol–water partition coefficient (Wildman–Crippen LogP) is 2.00. The number of carbonyl (C=O) groups is 1. The molecule has 0 amide bonds. The van der Waals surface area contributed by atoms with Gasteiger partial charge in [0.15, 0.2) is 5.78 Å². The summed E-state index contributed by atoms with van der Waals surface area (Å²) in [6, 6.07) is 9.31. The minimum absolute atomic E-state index is 0.0700. The summed E-state index contributed by atoms with van der Waals surface area (Å²) in [5.74, 6) is 0.454. The zero-order valence-corrected chi connectivity index (χ0v) is 8.36. The Balaban J connectivity index is 2.23. The Hall–Kier alpha value is -1.15. The Morgan fingerprint density at radius 3 is 2.43 bits per heavy atom. The van der Waals surface area contributed by atoms with Crippen molar-refractivity contribution in [3.05, 3.63) is 35.9 Å². The van der Waals surface area contributed by atoms with Gasteiger partial charge >= 0.3 is 0 Å². The molecule has 0 spiro atoms. The van der Waals surface area contributed by atoms with Crippen LogP contribution >= 0.6 is 0 Å². The number of nitrogens with two attached hydrogens (primary N) is 1. The lowest BCUT2D eigenvalue weighted by Gasteiger charge is -2.22. The summed E-state index contributed by atoms with van der Waals surface area (Å²) < 4.78 is 0. The molecule has 2 rings (SSSR count). The molecule has 1 unspecified atom stereocenters. The van der Waals surface area contributed by atoms with Crippen LogP contribution in [0.5, 0.6) is 0 Å². The molecular formula is C12H15NO. The molecule has 14 heavy (non-hydrogen) atoms. The van der Waals surface area contributed by atoms with Crippen molar-refractivity contribution < 1.29 is 4.79 Å². The molecule has 1 saturated carbocycles. The molecule has 1 aromatic rings. The summed E-state index contributed by atoms with van der Waals surface area (Å²) in [6.45, 7) is 1.85. The molecular weight excluding hydrogens is 174 g/mol. The molecule has 1 fully saturated rings. The van der Waals surface area contributed by atoms with Crippen LogP contribution < -0.4 is 5.73 Å². The summed E-state index contributed by atoms with van der Waals surface area (Å²) in [5, 5.41) is 0. The third kappa shape index (κ3) is 1.58. The normalized spacial score (nSPS) is 20.1. The largest absolute Gasteiger partial charge is 0.319 e. The van der Waals surface area contributed by atoms with Gasteiger partial charge in [0.05, 0.1) is 5.54 Å². The van der Waals surface area contributed by atoms with Gasteiger partial charge in [-0.05, 0) is 25.7 Å². The van der Waals surface area contributed by atoms with Gasteiger partial charge in [0.1, 0.15) is 0 Å². The van der Waals surface area contributed by atoms with Crippen LogP contribution in [-0.4, -0.2) is 11.3 Å². The molecule has 1 atom stereocenters. The summed E-state index contributed by atoms with van der Waals surface area (Å²) in [7, 11) is 0. The number of hydrogen-bond donors (Lipinski definition) is 1. The van der Waals surface area contributed by atoms with Crippen LogP contribution in [0, 0.1) is 5.92 Å². The van der Waals surface area contributed by atoms with E-state index < -0.39 is 5.54 Å². The molecule has 0 radical (unpaired) electrons. The predicted molar refractivity (Wildman–Crippen MR) is 56.1 cm³/mol. The summed E-state index contributed by atoms with van der Waals surface area (Å²) in [4.78, 5) is 12.0. The third-order valence-corrected chi connectivity index (χ3v) is 2.95. The fourth-order valence-electron chi connectivity index (χ4n) is 1.77. The van der Waals surface area contributed by atoms with E-state index in [1.54, 1.807) is 0 Å². The van der Waals surface area contributed by atoms with E-state index in [1.807, 2.05) is 37.3 Å². The van der Waals surface area contributed by atoms with E-state index in [0.717, 1.165) is 18.4 Å². The maximum Gasteiger partial charge on any atom is 0.182 e. The highest BCUT2D eigenvalue weighted by atomic mass is 16.1. The Morgan fingerprint density at radius 2 is 1.93 bits per heavy atom. The average Bonchev–Trinajstić information content (AvgIpc) is 3.01. The molecule has 0 heterocycles. The lowest BCUT2D eigenvalue weighted by molar-refractivity contribution is 0.0883. The molecule has 2 heteroatoms. The van der Waals surface area contributed by atoms with E-state index in [0.29, 0.717) is 5.92 Å². The van der Waals surface area contributed by atoms with E-state index in [-0.39, 0.29) is 5.78 Å². The van der Waals surface area contributed by atoms with Crippen molar-refractivity contribution in [1.82, 2.24) is 0 Å². The first kappa shape index (κ1) is 9.41. The minimum atomic E-state index is -0.665. The monoisotopic (exact) mass is 189 g/mol. The van der Waals surface area contributed by atoms with Crippen molar-refractivity contribution in [2.75, 3.05) is 0 Å². The quantitative estimate of drug-likeness (QED) is 0.739. The first-order chi connectivity index (χ1) is 6.62. The van der Waals surface area contributed by atoms with Gasteiger partial charge < -0.3 is 5.73 Å². The molecule has 1 aromatic carbocycles. The second-order valence-electron chi connectivity index (χ2n) is 4.25. The molecule has 74 valence electrons. The van der Waals surface area contributed by atoms with Gasteiger partial charge in [-0.2, -0.15) is 0 Å². The number of benzene rings is 1.